The molecule has 0 aromatic rings. The summed E-state index contributed by atoms with van der Waals surface area (Å²) in [6, 6.07) is 0. The fourth-order valence-electron chi connectivity index (χ4n) is 2.28. The Hall–Kier alpha value is 0.480. The Labute approximate surface area is 168 Å². The molecular formula is C18H36N2S4. The first-order valence-electron chi connectivity index (χ1n) is 9.48. The molecule has 0 atom stereocenters. The molecule has 0 unspecified atom stereocenters. The fraction of sp³-hybridized carbons (Fsp3) is 0.889. The lowest BCUT2D eigenvalue weighted by atomic mass is 10.1. The van der Waals surface area contributed by atoms with Crippen molar-refractivity contribution in [1.29, 1.82) is 0 Å². The van der Waals surface area contributed by atoms with Gasteiger partial charge in [-0.2, -0.15) is 0 Å². The lowest BCUT2D eigenvalue weighted by molar-refractivity contribution is 0.595. The molecule has 0 rings (SSSR count). The van der Waals surface area contributed by atoms with E-state index in [1.807, 2.05) is 21.6 Å². The van der Waals surface area contributed by atoms with Crippen LogP contribution in [0.4, 0.5) is 0 Å². The second-order valence-electron chi connectivity index (χ2n) is 5.94. The van der Waals surface area contributed by atoms with Crippen molar-refractivity contribution in [1.82, 2.24) is 10.6 Å². The number of hydrogen-bond donors (Lipinski definition) is 2. The number of rotatable bonds is 17. The third kappa shape index (κ3) is 18.8. The lowest BCUT2D eigenvalue weighted by Crippen LogP contribution is -2.36. The van der Waals surface area contributed by atoms with Gasteiger partial charge in [-0.1, -0.05) is 79.3 Å². The van der Waals surface area contributed by atoms with E-state index >= 15 is 0 Å². The quantitative estimate of drug-likeness (QED) is 0.170. The van der Waals surface area contributed by atoms with Crippen LogP contribution in [0.25, 0.3) is 0 Å². The second-order valence-corrected chi connectivity index (χ2v) is 9.63. The molecule has 0 aliphatic carbocycles. The third-order valence-electron chi connectivity index (χ3n) is 3.63. The average molecular weight is 409 g/mol. The van der Waals surface area contributed by atoms with E-state index in [1.165, 1.54) is 62.0 Å². The Morgan fingerprint density at radius 2 is 1.38 bits per heavy atom. The molecule has 2 nitrogen and oxygen atoms in total. The minimum absolute atomic E-state index is 0.763. The van der Waals surface area contributed by atoms with Gasteiger partial charge in [0.1, 0.15) is 0 Å². The first-order valence-corrected chi connectivity index (χ1v) is 12.8. The van der Waals surface area contributed by atoms with Crippen LogP contribution in [0.15, 0.2) is 0 Å². The summed E-state index contributed by atoms with van der Waals surface area (Å²) in [5.41, 5.74) is 0. The minimum atomic E-state index is 0.763. The molecule has 0 bridgehead atoms. The van der Waals surface area contributed by atoms with Crippen molar-refractivity contribution in [3.05, 3.63) is 0 Å². The highest BCUT2D eigenvalue weighted by molar-refractivity contribution is 8.76. The van der Waals surface area contributed by atoms with Crippen LogP contribution in [0.3, 0.4) is 0 Å². The molecule has 0 aliphatic heterocycles. The van der Waals surface area contributed by atoms with Crippen molar-refractivity contribution in [3.8, 4) is 0 Å². The summed E-state index contributed by atoms with van der Waals surface area (Å²) < 4.78 is 0. The standard InChI is InChI=1S/C18H36N2S4/c1-3-5-6-7-8-9-10-12-17(21)13-11-15-23-24-16-14-20-18(22)19-4-2/h3-16H2,1-2H3,(H2,19,20,22). The summed E-state index contributed by atoms with van der Waals surface area (Å²) in [4.78, 5) is 1.28. The van der Waals surface area contributed by atoms with Crippen LogP contribution in [0.1, 0.15) is 78.1 Å². The average Bonchev–Trinajstić information content (AvgIpc) is 2.56. The first-order chi connectivity index (χ1) is 11.7. The van der Waals surface area contributed by atoms with Crippen LogP contribution in [0.2, 0.25) is 0 Å². The number of hydrogen-bond acceptors (Lipinski definition) is 4. The Balaban J connectivity index is 3.22. The maximum absolute atomic E-state index is 5.50. The summed E-state index contributed by atoms with van der Waals surface area (Å²) in [6.45, 7) is 6.13. The predicted molar refractivity (Wildman–Crippen MR) is 124 cm³/mol. The largest absolute Gasteiger partial charge is 0.363 e. The Kier molecular flexibility index (Phi) is 20.2. The predicted octanol–water partition coefficient (Wildman–Crippen LogP) is 6.14. The smallest absolute Gasteiger partial charge is 0.166 e. The van der Waals surface area contributed by atoms with Gasteiger partial charge in [0.05, 0.1) is 0 Å². The number of nitrogens with one attached hydrogen (secondary N) is 2. The van der Waals surface area contributed by atoms with Gasteiger partial charge in [0.25, 0.3) is 0 Å². The van der Waals surface area contributed by atoms with Crippen molar-refractivity contribution >= 4 is 56.0 Å². The summed E-state index contributed by atoms with van der Waals surface area (Å²) in [7, 11) is 3.87. The van der Waals surface area contributed by atoms with Gasteiger partial charge in [-0.3, -0.25) is 0 Å². The molecule has 0 spiro atoms. The molecule has 0 heterocycles. The molecule has 0 aromatic carbocycles. The van der Waals surface area contributed by atoms with Crippen LogP contribution in [-0.4, -0.2) is 34.6 Å². The zero-order valence-corrected chi connectivity index (χ0v) is 18.8. The Bertz CT molecular complexity index is 311. The van der Waals surface area contributed by atoms with Gasteiger partial charge in [0.2, 0.25) is 0 Å². The lowest BCUT2D eigenvalue weighted by Gasteiger charge is -2.08. The summed E-state index contributed by atoms with van der Waals surface area (Å²) in [5, 5.41) is 7.06. The SMILES string of the molecule is CCCCCCCCCC(=S)CCCSSCCNC(=S)NCC. The van der Waals surface area contributed by atoms with E-state index in [9.17, 15) is 0 Å². The van der Waals surface area contributed by atoms with Gasteiger partial charge < -0.3 is 10.6 Å². The molecule has 0 aliphatic rings. The van der Waals surface area contributed by atoms with E-state index in [4.69, 9.17) is 24.4 Å². The molecule has 2 N–H and O–H groups in total. The highest BCUT2D eigenvalue weighted by Gasteiger charge is 1.99. The Morgan fingerprint density at radius 1 is 0.750 bits per heavy atom. The first kappa shape index (κ1) is 24.5. The van der Waals surface area contributed by atoms with E-state index in [2.05, 4.69) is 24.5 Å². The van der Waals surface area contributed by atoms with E-state index < -0.39 is 0 Å². The van der Waals surface area contributed by atoms with Gasteiger partial charge in [-0.25, -0.2) is 0 Å². The zero-order chi connectivity index (χ0) is 17.9. The van der Waals surface area contributed by atoms with Crippen LogP contribution < -0.4 is 10.6 Å². The van der Waals surface area contributed by atoms with Crippen molar-refractivity contribution in [2.24, 2.45) is 0 Å². The van der Waals surface area contributed by atoms with Crippen LogP contribution >= 0.6 is 46.0 Å². The Morgan fingerprint density at radius 3 is 2.08 bits per heavy atom. The van der Waals surface area contributed by atoms with Gasteiger partial charge in [-0.05, 0) is 49.7 Å². The summed E-state index contributed by atoms with van der Waals surface area (Å²) in [6.07, 6.45) is 13.1. The molecule has 24 heavy (non-hydrogen) atoms. The minimum Gasteiger partial charge on any atom is -0.363 e. The molecule has 0 radical (unpaired) electrons. The molecule has 0 amide bonds. The van der Waals surface area contributed by atoms with E-state index in [0.29, 0.717) is 0 Å². The number of thiocarbonyl (C=S) groups is 2. The van der Waals surface area contributed by atoms with Crippen LogP contribution in [0, 0.1) is 0 Å². The van der Waals surface area contributed by atoms with E-state index in [-0.39, 0.29) is 0 Å². The molecule has 142 valence electrons. The van der Waals surface area contributed by atoms with Gasteiger partial charge in [-0.15, -0.1) is 0 Å². The third-order valence-corrected chi connectivity index (χ3v) is 6.82. The van der Waals surface area contributed by atoms with Gasteiger partial charge in [0.15, 0.2) is 5.11 Å². The second kappa shape index (κ2) is 19.8. The topological polar surface area (TPSA) is 24.1 Å². The molecule has 6 heteroatoms. The summed E-state index contributed by atoms with van der Waals surface area (Å²) in [5.74, 6) is 2.28. The van der Waals surface area contributed by atoms with Crippen LogP contribution in [-0.2, 0) is 0 Å². The maximum atomic E-state index is 5.50. The van der Waals surface area contributed by atoms with Crippen molar-refractivity contribution in [3.63, 3.8) is 0 Å². The van der Waals surface area contributed by atoms with E-state index in [0.717, 1.165) is 36.8 Å². The monoisotopic (exact) mass is 408 g/mol. The van der Waals surface area contributed by atoms with Crippen molar-refractivity contribution < 1.29 is 0 Å². The highest BCUT2D eigenvalue weighted by Crippen LogP contribution is 2.22. The molecule has 0 saturated heterocycles. The normalized spacial score (nSPS) is 10.6. The maximum Gasteiger partial charge on any atom is 0.166 e. The van der Waals surface area contributed by atoms with E-state index in [1.54, 1.807) is 0 Å². The van der Waals surface area contributed by atoms with Crippen molar-refractivity contribution in [2.75, 3.05) is 24.6 Å². The highest BCUT2D eigenvalue weighted by atomic mass is 33.1. The zero-order valence-electron chi connectivity index (χ0n) is 15.5. The number of unbranched alkanes of at least 4 members (excludes halogenated alkanes) is 6. The molecular weight excluding hydrogens is 372 g/mol. The van der Waals surface area contributed by atoms with Gasteiger partial charge in [0, 0.05) is 24.6 Å². The molecule has 0 fully saturated rings. The van der Waals surface area contributed by atoms with Crippen molar-refractivity contribution in [2.45, 2.75) is 78.1 Å². The fourth-order valence-corrected chi connectivity index (χ4v) is 4.81. The van der Waals surface area contributed by atoms with Crippen LogP contribution in [0.5, 0.6) is 0 Å². The summed E-state index contributed by atoms with van der Waals surface area (Å²) >= 11 is 10.6. The van der Waals surface area contributed by atoms with Gasteiger partial charge >= 0.3 is 0 Å². The molecule has 0 saturated carbocycles. The molecule has 0 aromatic heterocycles.